The van der Waals surface area contributed by atoms with Gasteiger partial charge < -0.3 is 0 Å². The lowest BCUT2D eigenvalue weighted by atomic mass is 9.62. The molecule has 0 bridgehead atoms. The summed E-state index contributed by atoms with van der Waals surface area (Å²) in [6.45, 7) is 6.25. The van der Waals surface area contributed by atoms with Crippen LogP contribution in [0.15, 0.2) is 22.8 Å². The Kier molecular flexibility index (Phi) is 4.49. The van der Waals surface area contributed by atoms with Crippen molar-refractivity contribution < 1.29 is 13.2 Å². The van der Waals surface area contributed by atoms with E-state index in [1.54, 1.807) is 6.92 Å². The second kappa shape index (κ2) is 6.32. The minimum absolute atomic E-state index is 0.0371. The quantitative estimate of drug-likeness (QED) is 0.660. The number of carbonyl (C=O) groups is 1. The Hall–Kier alpha value is -0.900. The van der Waals surface area contributed by atoms with E-state index in [2.05, 4.69) is 19.9 Å². The van der Waals surface area contributed by atoms with Crippen LogP contribution in [0.1, 0.15) is 72.1 Å². The fraction of sp³-hybridized carbons (Fsp3) is 0.773. The average molecular weight is 377 g/mol. The van der Waals surface area contributed by atoms with Crippen LogP contribution in [0.4, 0.5) is 0 Å². The number of carbonyl (C=O) groups excluding carboxylic acids is 1. The molecule has 0 amide bonds. The Balaban J connectivity index is 1.69. The third-order valence-corrected chi connectivity index (χ3v) is 9.83. The zero-order valence-corrected chi connectivity index (χ0v) is 17.2. The molecule has 2 fully saturated rings. The van der Waals surface area contributed by atoms with E-state index in [1.165, 1.54) is 16.7 Å². The van der Waals surface area contributed by atoms with Gasteiger partial charge in [0.1, 0.15) is 11.0 Å². The van der Waals surface area contributed by atoms with Crippen LogP contribution in [-0.2, 0) is 14.6 Å². The molecule has 0 aromatic heterocycles. The zero-order chi connectivity index (χ0) is 18.7. The van der Waals surface area contributed by atoms with E-state index in [-0.39, 0.29) is 22.3 Å². The third-order valence-electron chi connectivity index (χ3n) is 7.89. The maximum atomic E-state index is 12.9. The molecule has 4 aliphatic rings. The maximum absolute atomic E-state index is 12.9. The molecule has 5 atom stereocenters. The van der Waals surface area contributed by atoms with Crippen molar-refractivity contribution in [1.29, 1.82) is 0 Å². The number of hydrogen-bond acceptors (Lipinski definition) is 3. The van der Waals surface area contributed by atoms with Crippen molar-refractivity contribution in [2.24, 2.45) is 23.2 Å². The summed E-state index contributed by atoms with van der Waals surface area (Å²) >= 11 is 0. The van der Waals surface area contributed by atoms with E-state index in [0.717, 1.165) is 51.4 Å². The fourth-order valence-electron chi connectivity index (χ4n) is 6.54. The summed E-state index contributed by atoms with van der Waals surface area (Å²) in [6.07, 6.45) is 10.4. The lowest BCUT2D eigenvalue weighted by molar-refractivity contribution is -0.124. The predicted molar refractivity (Wildman–Crippen MR) is 105 cm³/mol. The fourth-order valence-corrected chi connectivity index (χ4v) is 8.61. The molecule has 0 aromatic carbocycles. The van der Waals surface area contributed by atoms with Crippen LogP contribution in [0.3, 0.4) is 0 Å². The van der Waals surface area contributed by atoms with E-state index in [0.29, 0.717) is 17.6 Å². The molecule has 144 valence electrons. The lowest BCUT2D eigenvalue weighted by Crippen LogP contribution is -2.36. The van der Waals surface area contributed by atoms with Crippen LogP contribution in [-0.4, -0.2) is 25.2 Å². The SMILES string of the molecule is CC(=O)[C@H]1CC[C@H]2/C(=C/C3C4=C(CC[C@H](C)C4)CS3(=O)=O)CCC[C@]12C. The highest BCUT2D eigenvalue weighted by atomic mass is 32.2. The summed E-state index contributed by atoms with van der Waals surface area (Å²) in [5, 5.41) is -0.381. The second-order valence-corrected chi connectivity index (χ2v) is 11.7. The van der Waals surface area contributed by atoms with Gasteiger partial charge in [0.25, 0.3) is 0 Å². The zero-order valence-electron chi connectivity index (χ0n) is 16.4. The van der Waals surface area contributed by atoms with Gasteiger partial charge in [0, 0.05) is 5.92 Å². The number of sulfone groups is 1. The van der Waals surface area contributed by atoms with E-state index in [4.69, 9.17) is 0 Å². The van der Waals surface area contributed by atoms with Crippen LogP contribution in [0.25, 0.3) is 0 Å². The Morgan fingerprint density at radius 3 is 2.69 bits per heavy atom. The van der Waals surface area contributed by atoms with Gasteiger partial charge in [-0.05, 0) is 81.1 Å². The molecular formula is C22H32O3S. The number of rotatable bonds is 2. The number of ketones is 1. The molecule has 0 spiro atoms. The van der Waals surface area contributed by atoms with Gasteiger partial charge in [-0.2, -0.15) is 0 Å². The highest BCUT2D eigenvalue weighted by Gasteiger charge is 2.51. The molecule has 1 heterocycles. The highest BCUT2D eigenvalue weighted by molar-refractivity contribution is 7.92. The lowest BCUT2D eigenvalue weighted by Gasteiger charge is -2.42. The topological polar surface area (TPSA) is 51.2 Å². The maximum Gasteiger partial charge on any atom is 0.164 e. The summed E-state index contributed by atoms with van der Waals surface area (Å²) in [4.78, 5) is 12.2. The Labute approximate surface area is 158 Å². The summed E-state index contributed by atoms with van der Waals surface area (Å²) < 4.78 is 25.8. The first-order valence-electron chi connectivity index (χ1n) is 10.4. The third kappa shape index (κ3) is 2.83. The van der Waals surface area contributed by atoms with Gasteiger partial charge in [-0.25, -0.2) is 8.42 Å². The summed E-state index contributed by atoms with van der Waals surface area (Å²) in [5.74, 6) is 1.73. The number of allylic oxidation sites excluding steroid dienone is 1. The first kappa shape index (κ1) is 18.5. The van der Waals surface area contributed by atoms with Crippen molar-refractivity contribution in [2.75, 3.05) is 5.75 Å². The number of Topliss-reactive ketones (excluding diaryl/α,β-unsaturated/α-hetero) is 1. The minimum atomic E-state index is -3.09. The molecule has 1 aliphatic heterocycles. The van der Waals surface area contributed by atoms with Crippen molar-refractivity contribution in [1.82, 2.24) is 0 Å². The van der Waals surface area contributed by atoms with Crippen molar-refractivity contribution in [3.05, 3.63) is 22.8 Å². The molecule has 3 aliphatic carbocycles. The predicted octanol–water partition coefficient (Wildman–Crippen LogP) is 4.63. The molecule has 26 heavy (non-hydrogen) atoms. The van der Waals surface area contributed by atoms with Gasteiger partial charge in [-0.3, -0.25) is 4.79 Å². The monoisotopic (exact) mass is 376 g/mol. The Morgan fingerprint density at radius 1 is 1.19 bits per heavy atom. The van der Waals surface area contributed by atoms with E-state index in [1.807, 2.05) is 0 Å². The van der Waals surface area contributed by atoms with Gasteiger partial charge in [-0.1, -0.05) is 31.1 Å². The molecule has 1 unspecified atom stereocenters. The van der Waals surface area contributed by atoms with Gasteiger partial charge in [0.2, 0.25) is 0 Å². The van der Waals surface area contributed by atoms with Crippen molar-refractivity contribution in [2.45, 2.75) is 77.4 Å². The Bertz CT molecular complexity index is 788. The molecule has 4 rings (SSSR count). The molecular weight excluding hydrogens is 344 g/mol. The largest absolute Gasteiger partial charge is 0.300 e. The summed E-state index contributed by atoms with van der Waals surface area (Å²) in [7, 11) is -3.09. The average Bonchev–Trinajstić information content (AvgIpc) is 3.02. The molecule has 0 aromatic rings. The summed E-state index contributed by atoms with van der Waals surface area (Å²) in [6, 6.07) is 0. The molecule has 2 saturated carbocycles. The van der Waals surface area contributed by atoms with E-state index < -0.39 is 9.84 Å². The van der Waals surface area contributed by atoms with Gasteiger partial charge in [-0.15, -0.1) is 0 Å². The standard InChI is InChI=1S/C22H32O3S/c1-14-6-7-17-13-26(24,25)21(18(17)11-14)12-16-5-4-10-22(3)19(15(2)23)8-9-20(16)22/h12,14,19-21H,4-11,13H2,1-3H3/b16-12+/t14-,19+,20-,21?,22+/m0/s1. The van der Waals surface area contributed by atoms with Crippen molar-refractivity contribution in [3.63, 3.8) is 0 Å². The first-order valence-corrected chi connectivity index (χ1v) is 12.1. The normalized spacial score (nSPS) is 43.4. The molecule has 0 saturated heterocycles. The van der Waals surface area contributed by atoms with Crippen molar-refractivity contribution in [3.8, 4) is 0 Å². The molecule has 0 radical (unpaired) electrons. The van der Waals surface area contributed by atoms with E-state index in [9.17, 15) is 13.2 Å². The number of hydrogen-bond donors (Lipinski definition) is 0. The van der Waals surface area contributed by atoms with Gasteiger partial charge >= 0.3 is 0 Å². The molecule has 4 heteroatoms. The van der Waals surface area contributed by atoms with Crippen LogP contribution in [0.2, 0.25) is 0 Å². The molecule has 0 N–H and O–H groups in total. The highest BCUT2D eigenvalue weighted by Crippen LogP contribution is 2.58. The van der Waals surface area contributed by atoms with Crippen LogP contribution in [0, 0.1) is 23.2 Å². The second-order valence-electron chi connectivity index (χ2n) is 9.60. The van der Waals surface area contributed by atoms with Gasteiger partial charge in [0.15, 0.2) is 9.84 Å². The number of fused-ring (bicyclic) bond motifs is 1. The smallest absolute Gasteiger partial charge is 0.164 e. The van der Waals surface area contributed by atoms with E-state index >= 15 is 0 Å². The Morgan fingerprint density at radius 2 is 1.96 bits per heavy atom. The van der Waals surface area contributed by atoms with Gasteiger partial charge in [0.05, 0.1) is 5.75 Å². The first-order chi connectivity index (χ1) is 12.2. The van der Waals surface area contributed by atoms with Crippen LogP contribution < -0.4 is 0 Å². The van der Waals surface area contributed by atoms with Crippen molar-refractivity contribution >= 4 is 15.6 Å². The molecule has 3 nitrogen and oxygen atoms in total. The van der Waals surface area contributed by atoms with Crippen LogP contribution in [0.5, 0.6) is 0 Å². The van der Waals surface area contributed by atoms with Crippen LogP contribution >= 0.6 is 0 Å². The minimum Gasteiger partial charge on any atom is -0.300 e. The summed E-state index contributed by atoms with van der Waals surface area (Å²) in [5.41, 5.74) is 3.79.